The first-order chi connectivity index (χ1) is 16.8. The van der Waals surface area contributed by atoms with E-state index in [2.05, 4.69) is 15.3 Å². The fraction of sp³-hybridized carbons (Fsp3) is 0.250. The Morgan fingerprint density at radius 2 is 1.58 bits per heavy atom. The minimum absolute atomic E-state index is 0.00222. The van der Waals surface area contributed by atoms with Gasteiger partial charge in [-0.15, -0.1) is 0 Å². The van der Waals surface area contributed by atoms with Gasteiger partial charge < -0.3 is 4.90 Å². The second kappa shape index (κ2) is 8.92. The number of hydrogen-bond donors (Lipinski definition) is 1. The molecule has 0 bridgehead atoms. The summed E-state index contributed by atoms with van der Waals surface area (Å²) < 4.78 is 81.3. The fourth-order valence-electron chi connectivity index (χ4n) is 4.22. The summed E-state index contributed by atoms with van der Waals surface area (Å²) in [5.41, 5.74) is -2.82. The monoisotopic (exact) mass is 508 g/mol. The van der Waals surface area contributed by atoms with Gasteiger partial charge in [-0.25, -0.2) is 9.97 Å². The van der Waals surface area contributed by atoms with Crippen molar-refractivity contribution >= 4 is 17.8 Å². The van der Waals surface area contributed by atoms with Gasteiger partial charge in [-0.05, 0) is 48.4 Å². The summed E-state index contributed by atoms with van der Waals surface area (Å²) in [4.78, 5) is 35.5. The molecule has 6 nitrogen and oxygen atoms in total. The predicted molar refractivity (Wildman–Crippen MR) is 116 cm³/mol. The van der Waals surface area contributed by atoms with Gasteiger partial charge in [-0.2, -0.15) is 26.3 Å². The molecule has 2 heterocycles. The fourth-order valence-corrected chi connectivity index (χ4v) is 4.22. The van der Waals surface area contributed by atoms with Crippen LogP contribution in [0.25, 0.3) is 0 Å². The Labute approximate surface area is 201 Å². The smallest absolute Gasteiger partial charge is 0.334 e. The molecule has 0 saturated heterocycles. The Hall–Kier alpha value is -3.96. The van der Waals surface area contributed by atoms with E-state index in [1.54, 1.807) is 13.0 Å². The molecule has 188 valence electrons. The van der Waals surface area contributed by atoms with Crippen LogP contribution in [0.2, 0.25) is 0 Å². The van der Waals surface area contributed by atoms with Crippen LogP contribution < -0.4 is 5.32 Å². The molecule has 1 aliphatic heterocycles. The van der Waals surface area contributed by atoms with Gasteiger partial charge in [0.05, 0.1) is 23.1 Å². The molecule has 12 heteroatoms. The van der Waals surface area contributed by atoms with E-state index in [4.69, 9.17) is 0 Å². The number of nitrogens with one attached hydrogen (secondary N) is 1. The van der Waals surface area contributed by atoms with Crippen LogP contribution in [-0.4, -0.2) is 33.7 Å². The second-order valence-electron chi connectivity index (χ2n) is 8.28. The van der Waals surface area contributed by atoms with Crippen molar-refractivity contribution in [3.63, 3.8) is 0 Å². The molecule has 2 atom stereocenters. The molecule has 2 aromatic carbocycles. The minimum atomic E-state index is -5.10. The number of halogens is 6. The van der Waals surface area contributed by atoms with Gasteiger partial charge >= 0.3 is 12.4 Å². The predicted octanol–water partition coefficient (Wildman–Crippen LogP) is 5.37. The number of benzene rings is 2. The van der Waals surface area contributed by atoms with Crippen molar-refractivity contribution in [2.45, 2.75) is 31.2 Å². The third-order valence-electron chi connectivity index (χ3n) is 5.84. The second-order valence-corrected chi connectivity index (χ2v) is 8.28. The minimum Gasteiger partial charge on any atom is -0.334 e. The number of amides is 2. The zero-order valence-corrected chi connectivity index (χ0v) is 18.8. The molecule has 36 heavy (non-hydrogen) atoms. The number of alkyl halides is 6. The van der Waals surface area contributed by atoms with Crippen molar-refractivity contribution in [1.29, 1.82) is 0 Å². The summed E-state index contributed by atoms with van der Waals surface area (Å²) in [6, 6.07) is 7.07. The van der Waals surface area contributed by atoms with E-state index in [1.807, 2.05) is 0 Å². The van der Waals surface area contributed by atoms with Crippen LogP contribution in [0.4, 0.5) is 32.3 Å². The quantitative estimate of drug-likeness (QED) is 0.483. The number of carbonyl (C=O) groups is 2. The van der Waals surface area contributed by atoms with Gasteiger partial charge in [0, 0.05) is 24.5 Å². The Bertz CT molecular complexity index is 1310. The Morgan fingerprint density at radius 1 is 0.972 bits per heavy atom. The lowest BCUT2D eigenvalue weighted by molar-refractivity contribution is -0.143. The summed E-state index contributed by atoms with van der Waals surface area (Å²) in [5, 5.41) is 2.47. The summed E-state index contributed by atoms with van der Waals surface area (Å²) in [7, 11) is 1.22. The molecule has 0 radical (unpaired) electrons. The summed E-state index contributed by atoms with van der Waals surface area (Å²) in [5.74, 6) is -2.92. The Morgan fingerprint density at radius 3 is 2.17 bits per heavy atom. The maximum Gasteiger partial charge on any atom is 0.416 e. The number of nitrogens with zero attached hydrogens (tertiary/aromatic N) is 3. The van der Waals surface area contributed by atoms with Gasteiger partial charge in [-0.3, -0.25) is 14.9 Å². The van der Waals surface area contributed by atoms with Crippen LogP contribution in [-0.2, 0) is 17.1 Å². The van der Waals surface area contributed by atoms with E-state index in [1.165, 1.54) is 37.5 Å². The van der Waals surface area contributed by atoms with Crippen molar-refractivity contribution in [1.82, 2.24) is 14.9 Å². The number of aryl methyl sites for hydroxylation is 1. The number of anilines is 1. The number of carbonyl (C=O) groups excluding carboxylic acids is 2. The molecular weight excluding hydrogens is 490 g/mol. The molecular formula is C24H18F6N4O2. The van der Waals surface area contributed by atoms with Crippen molar-refractivity contribution in [3.05, 3.63) is 88.2 Å². The average Bonchev–Trinajstić information content (AvgIpc) is 2.79. The first-order valence-electron chi connectivity index (χ1n) is 10.5. The number of rotatable bonds is 3. The topological polar surface area (TPSA) is 75.2 Å². The van der Waals surface area contributed by atoms with E-state index in [-0.39, 0.29) is 23.1 Å². The molecule has 0 spiro atoms. The third kappa shape index (κ3) is 4.75. The molecule has 2 amide bonds. The van der Waals surface area contributed by atoms with Crippen LogP contribution in [0.5, 0.6) is 0 Å². The Kier molecular flexibility index (Phi) is 6.23. The van der Waals surface area contributed by atoms with Crippen LogP contribution in [0.15, 0.2) is 54.7 Å². The lowest BCUT2D eigenvalue weighted by atomic mass is 9.78. The van der Waals surface area contributed by atoms with Gasteiger partial charge in [0.25, 0.3) is 5.91 Å². The molecule has 0 saturated carbocycles. The lowest BCUT2D eigenvalue weighted by Gasteiger charge is -2.40. The van der Waals surface area contributed by atoms with E-state index in [9.17, 15) is 35.9 Å². The van der Waals surface area contributed by atoms with Gasteiger partial charge in [-0.1, -0.05) is 18.2 Å². The summed E-state index contributed by atoms with van der Waals surface area (Å²) in [6.45, 7) is 1.64. The first kappa shape index (κ1) is 25.1. The highest BCUT2D eigenvalue weighted by atomic mass is 19.4. The largest absolute Gasteiger partial charge is 0.416 e. The van der Waals surface area contributed by atoms with Gasteiger partial charge in [0.15, 0.2) is 0 Å². The number of fused-ring (bicyclic) bond motifs is 1. The molecule has 0 unspecified atom stereocenters. The van der Waals surface area contributed by atoms with E-state index in [0.29, 0.717) is 17.8 Å². The number of hydrogen-bond acceptors (Lipinski definition) is 4. The lowest BCUT2D eigenvalue weighted by Crippen LogP contribution is -2.44. The number of aromatic nitrogens is 2. The van der Waals surface area contributed by atoms with Crippen molar-refractivity contribution in [3.8, 4) is 0 Å². The molecule has 4 rings (SSSR count). The summed E-state index contributed by atoms with van der Waals surface area (Å²) in [6.07, 6.45) is -8.82. The third-order valence-corrected chi connectivity index (χ3v) is 5.84. The Balaban J connectivity index is 1.91. The van der Waals surface area contributed by atoms with Crippen LogP contribution in [0, 0.1) is 6.92 Å². The zero-order valence-electron chi connectivity index (χ0n) is 18.8. The standard InChI is InChI=1S/C24H18F6N4O2/c1-12-7-8-31-22(32-12)33-20(35)18-16-5-3-4-6-17(16)21(36)34(2)19(18)13-9-14(23(25,26)27)11-15(10-13)24(28,29)30/h3-11,18-19H,1-2H3,(H,31,32,33,35)/t18-,19+/m0/s1. The first-order valence-corrected chi connectivity index (χ1v) is 10.5. The van der Waals surface area contributed by atoms with Crippen molar-refractivity contribution in [2.24, 2.45) is 0 Å². The van der Waals surface area contributed by atoms with Crippen LogP contribution in [0.1, 0.15) is 50.3 Å². The highest BCUT2D eigenvalue weighted by Crippen LogP contribution is 2.45. The van der Waals surface area contributed by atoms with E-state index < -0.39 is 52.8 Å². The van der Waals surface area contributed by atoms with Gasteiger partial charge in [0.1, 0.15) is 0 Å². The molecule has 1 N–H and O–H groups in total. The van der Waals surface area contributed by atoms with E-state index in [0.717, 1.165) is 4.90 Å². The SMILES string of the molecule is Cc1ccnc(NC(=O)[C@H]2c3ccccc3C(=O)N(C)[C@@H]2c2cc(C(F)(F)F)cc(C(F)(F)F)c2)n1. The van der Waals surface area contributed by atoms with Crippen molar-refractivity contribution in [2.75, 3.05) is 12.4 Å². The van der Waals surface area contributed by atoms with E-state index >= 15 is 0 Å². The zero-order chi connectivity index (χ0) is 26.4. The highest BCUT2D eigenvalue weighted by Gasteiger charge is 2.45. The van der Waals surface area contributed by atoms with Crippen LogP contribution >= 0.6 is 0 Å². The average molecular weight is 508 g/mol. The van der Waals surface area contributed by atoms with Crippen LogP contribution in [0.3, 0.4) is 0 Å². The van der Waals surface area contributed by atoms with Gasteiger partial charge in [0.2, 0.25) is 11.9 Å². The molecule has 1 aromatic heterocycles. The molecule has 0 fully saturated rings. The highest BCUT2D eigenvalue weighted by molar-refractivity contribution is 6.03. The number of likely N-dealkylation sites (N-methyl/N-ethyl adjacent to an activating group) is 1. The molecule has 1 aliphatic rings. The maximum atomic E-state index is 13.6. The van der Waals surface area contributed by atoms with Crippen molar-refractivity contribution < 1.29 is 35.9 Å². The normalized spacial score (nSPS) is 18.1. The molecule has 0 aliphatic carbocycles. The molecule has 3 aromatic rings. The summed E-state index contributed by atoms with van der Waals surface area (Å²) >= 11 is 0. The maximum absolute atomic E-state index is 13.6.